The van der Waals surface area contributed by atoms with Crippen molar-refractivity contribution < 1.29 is 18.7 Å². The SMILES string of the molecule is Cc1sc2c(c1C)C(c1ccc(O[C@H]3CC[C@@]4(CCCN(c5ccc(C(=O)NC6CCC(Oc7ccc(C#N)c(Cl)c7)CC6)nn5)C4)C3)cn1)=N[C@@H](Cc1ncco1)c1nnc(C)n1-2. The predicted octanol–water partition coefficient (Wildman–Crippen LogP) is 8.43. The second-order valence-corrected chi connectivity index (χ2v) is 19.1. The molecule has 64 heavy (non-hydrogen) atoms. The fourth-order valence-corrected chi connectivity index (χ4v) is 11.3. The molecule has 1 amide bonds. The van der Waals surface area contributed by atoms with Crippen LogP contribution in [0, 0.1) is 37.5 Å². The molecule has 7 heterocycles. The van der Waals surface area contributed by atoms with E-state index < -0.39 is 0 Å². The van der Waals surface area contributed by atoms with E-state index in [4.69, 9.17) is 40.7 Å². The lowest BCUT2D eigenvalue weighted by Crippen LogP contribution is -2.43. The highest BCUT2D eigenvalue weighted by Gasteiger charge is 2.43. The zero-order valence-electron chi connectivity index (χ0n) is 36.0. The Morgan fingerprint density at radius 1 is 0.984 bits per heavy atom. The number of aromatic nitrogens is 7. The number of halogens is 1. The van der Waals surface area contributed by atoms with E-state index in [1.165, 1.54) is 4.88 Å². The predicted molar refractivity (Wildman–Crippen MR) is 241 cm³/mol. The van der Waals surface area contributed by atoms with Crippen LogP contribution in [0.15, 0.2) is 70.5 Å². The van der Waals surface area contributed by atoms with E-state index in [9.17, 15) is 4.79 Å². The minimum atomic E-state index is -0.369. The van der Waals surface area contributed by atoms with Gasteiger partial charge in [-0.2, -0.15) is 5.26 Å². The molecule has 4 aliphatic rings. The maximum Gasteiger partial charge on any atom is 0.272 e. The molecular formula is C47H48ClN11O4S. The van der Waals surface area contributed by atoms with Crippen LogP contribution in [0.3, 0.4) is 0 Å². The molecule has 10 rings (SSSR count). The van der Waals surface area contributed by atoms with Crippen LogP contribution in [-0.2, 0) is 6.42 Å². The summed E-state index contributed by atoms with van der Waals surface area (Å²) < 4.78 is 20.5. The van der Waals surface area contributed by atoms with E-state index in [1.807, 2.05) is 31.3 Å². The number of fused-ring (bicyclic) bond motifs is 3. The normalized spacial score (nSPS) is 22.9. The van der Waals surface area contributed by atoms with E-state index in [0.717, 1.165) is 122 Å². The Balaban J connectivity index is 0.753. The summed E-state index contributed by atoms with van der Waals surface area (Å²) >= 11 is 7.90. The minimum Gasteiger partial charge on any atom is -0.490 e. The molecule has 1 spiro atoms. The molecule has 5 aromatic heterocycles. The topological polar surface area (TPSA) is 182 Å². The minimum absolute atomic E-state index is 0.0216. The number of hydrogen-bond donors (Lipinski definition) is 1. The van der Waals surface area contributed by atoms with Crippen LogP contribution in [0.5, 0.6) is 11.5 Å². The molecule has 2 aliphatic carbocycles. The quantitative estimate of drug-likeness (QED) is 0.139. The molecule has 0 radical (unpaired) electrons. The Hall–Kier alpha value is -6.18. The van der Waals surface area contributed by atoms with Gasteiger partial charge in [-0.1, -0.05) is 11.6 Å². The fourth-order valence-electron chi connectivity index (χ4n) is 9.88. The summed E-state index contributed by atoms with van der Waals surface area (Å²) in [4.78, 5) is 31.4. The second kappa shape index (κ2) is 17.4. The van der Waals surface area contributed by atoms with Crippen LogP contribution in [0.4, 0.5) is 5.82 Å². The number of hydrogen-bond acceptors (Lipinski definition) is 14. The Bertz CT molecular complexity index is 2740. The molecular weight excluding hydrogens is 850 g/mol. The van der Waals surface area contributed by atoms with E-state index in [-0.39, 0.29) is 35.6 Å². The molecule has 3 atom stereocenters. The number of pyridine rings is 1. The van der Waals surface area contributed by atoms with Gasteiger partial charge in [-0.05, 0) is 126 Å². The zero-order valence-corrected chi connectivity index (χ0v) is 37.5. The highest BCUT2D eigenvalue weighted by molar-refractivity contribution is 7.15. The summed E-state index contributed by atoms with van der Waals surface area (Å²) in [6.07, 6.45) is 13.9. The van der Waals surface area contributed by atoms with Gasteiger partial charge >= 0.3 is 0 Å². The Morgan fingerprint density at radius 3 is 2.58 bits per heavy atom. The van der Waals surface area contributed by atoms with Gasteiger partial charge in [0, 0.05) is 35.6 Å². The maximum atomic E-state index is 13.2. The third-order valence-electron chi connectivity index (χ3n) is 13.3. The van der Waals surface area contributed by atoms with Crippen molar-refractivity contribution in [2.75, 3.05) is 18.0 Å². The summed E-state index contributed by atoms with van der Waals surface area (Å²) in [6, 6.07) is 14.6. The number of thiophene rings is 1. The first kappa shape index (κ1) is 41.8. The van der Waals surface area contributed by atoms with Gasteiger partial charge in [-0.3, -0.25) is 19.3 Å². The first-order chi connectivity index (χ1) is 31.1. The number of anilines is 1. The number of nitriles is 1. The number of aliphatic imine (C=N–C) groups is 1. The number of nitrogens with zero attached hydrogens (tertiary/aromatic N) is 10. The molecule has 2 aliphatic heterocycles. The van der Waals surface area contributed by atoms with Gasteiger partial charge in [0.05, 0.1) is 53.0 Å². The second-order valence-electron chi connectivity index (χ2n) is 17.5. The van der Waals surface area contributed by atoms with Crippen molar-refractivity contribution in [1.29, 1.82) is 5.26 Å². The van der Waals surface area contributed by atoms with Crippen LogP contribution in [0.1, 0.15) is 119 Å². The summed E-state index contributed by atoms with van der Waals surface area (Å²) in [5, 5.41) is 31.7. The molecule has 3 fully saturated rings. The van der Waals surface area contributed by atoms with Crippen LogP contribution < -0.4 is 19.7 Å². The summed E-state index contributed by atoms with van der Waals surface area (Å²) in [5.41, 5.74) is 4.61. The maximum absolute atomic E-state index is 13.2. The number of ether oxygens (including phenoxy) is 2. The van der Waals surface area contributed by atoms with Crippen molar-refractivity contribution in [3.63, 3.8) is 0 Å². The molecule has 0 bridgehead atoms. The summed E-state index contributed by atoms with van der Waals surface area (Å²) in [7, 11) is 0. The lowest BCUT2D eigenvalue weighted by Gasteiger charge is -2.41. The van der Waals surface area contributed by atoms with Crippen molar-refractivity contribution in [1.82, 2.24) is 40.2 Å². The fraction of sp³-hybridized carbons (Fsp3) is 0.426. The number of oxazole rings is 1. The molecule has 1 saturated heterocycles. The molecule has 2 saturated carbocycles. The van der Waals surface area contributed by atoms with Gasteiger partial charge in [0.15, 0.2) is 23.2 Å². The monoisotopic (exact) mass is 897 g/mol. The number of piperidine rings is 1. The van der Waals surface area contributed by atoms with E-state index in [2.05, 4.69) is 60.1 Å². The Labute approximate surface area is 379 Å². The lowest BCUT2D eigenvalue weighted by atomic mass is 9.78. The van der Waals surface area contributed by atoms with Crippen molar-refractivity contribution in [3.8, 4) is 22.6 Å². The molecule has 15 nitrogen and oxygen atoms in total. The molecule has 1 N–H and O–H groups in total. The Morgan fingerprint density at radius 2 is 1.83 bits per heavy atom. The third-order valence-corrected chi connectivity index (χ3v) is 14.8. The number of carbonyl (C=O) groups excluding carboxylic acids is 1. The number of aryl methyl sites for hydroxylation is 2. The van der Waals surface area contributed by atoms with Crippen LogP contribution in [0.2, 0.25) is 5.02 Å². The van der Waals surface area contributed by atoms with Gasteiger partial charge in [0.2, 0.25) is 0 Å². The molecule has 0 unspecified atom stereocenters. The zero-order chi connectivity index (χ0) is 44.0. The lowest BCUT2D eigenvalue weighted by molar-refractivity contribution is 0.0888. The van der Waals surface area contributed by atoms with Crippen molar-refractivity contribution >= 4 is 40.4 Å². The number of benzene rings is 1. The van der Waals surface area contributed by atoms with Crippen molar-refractivity contribution in [2.45, 2.75) is 109 Å². The van der Waals surface area contributed by atoms with Crippen molar-refractivity contribution in [3.05, 3.63) is 117 Å². The number of amides is 1. The first-order valence-corrected chi connectivity index (χ1v) is 23.2. The number of carbonyl (C=O) groups is 1. The third kappa shape index (κ3) is 8.34. The van der Waals surface area contributed by atoms with Gasteiger partial charge in [0.25, 0.3) is 5.91 Å². The van der Waals surface area contributed by atoms with Gasteiger partial charge in [-0.25, -0.2) is 4.98 Å². The average Bonchev–Trinajstić information content (AvgIpc) is 4.10. The summed E-state index contributed by atoms with van der Waals surface area (Å²) in [5.74, 6) is 4.10. The molecule has 1 aromatic carbocycles. The van der Waals surface area contributed by atoms with E-state index in [0.29, 0.717) is 34.3 Å². The van der Waals surface area contributed by atoms with Crippen LogP contribution >= 0.6 is 22.9 Å². The molecule has 328 valence electrons. The van der Waals surface area contributed by atoms with Crippen LogP contribution in [-0.4, -0.2) is 77.9 Å². The molecule has 6 aromatic rings. The Kier molecular flexibility index (Phi) is 11.4. The highest BCUT2D eigenvalue weighted by Crippen LogP contribution is 2.47. The summed E-state index contributed by atoms with van der Waals surface area (Å²) in [6.45, 7) is 8.00. The van der Waals surface area contributed by atoms with E-state index in [1.54, 1.807) is 48.1 Å². The average molecular weight is 898 g/mol. The van der Waals surface area contributed by atoms with Gasteiger partial charge in [-0.15, -0.1) is 31.7 Å². The highest BCUT2D eigenvalue weighted by atomic mass is 35.5. The van der Waals surface area contributed by atoms with E-state index >= 15 is 0 Å². The van der Waals surface area contributed by atoms with Gasteiger partial charge < -0.3 is 24.1 Å². The smallest absolute Gasteiger partial charge is 0.272 e. The van der Waals surface area contributed by atoms with Crippen LogP contribution in [0.25, 0.3) is 5.00 Å². The number of rotatable bonds is 10. The number of nitrogens with one attached hydrogen (secondary N) is 1. The first-order valence-electron chi connectivity index (χ1n) is 22.0. The standard InChI is InChI=1S/C47H48ClN11O4S/c1-27-28(2)64-46-42(27)43(53-39(22-41-50-18-20-61-41)44-57-54-29(3)59(44)46)37-12-11-35(25-51-37)63-34-15-17-47(23-34)16-4-19-58(26-47)40-14-13-38(55-56-40)45(60)52-31-6-9-32(10-7-31)62-33-8-5-30(24-49)36(48)21-33/h5,8,11-14,18,20-21,25,31-32,34,39H,4,6-7,9-10,15-17,19,22-23,26H2,1-3H3,(H,52,60)/t31?,32?,34-,39-,47-/m0/s1. The largest absolute Gasteiger partial charge is 0.490 e. The van der Waals surface area contributed by atoms with Gasteiger partial charge in [0.1, 0.15) is 40.7 Å². The van der Waals surface area contributed by atoms with Crippen molar-refractivity contribution in [2.24, 2.45) is 10.4 Å². The molecule has 17 heteroatoms.